The van der Waals surface area contributed by atoms with Gasteiger partial charge in [-0.15, -0.1) is 36.2 Å². The van der Waals surface area contributed by atoms with E-state index in [1.54, 1.807) is 11.3 Å². The van der Waals surface area contributed by atoms with Gasteiger partial charge in [0.2, 0.25) is 5.91 Å². The lowest BCUT2D eigenvalue weighted by atomic mass is 10.1. The van der Waals surface area contributed by atoms with E-state index in [0.717, 1.165) is 34.4 Å². The zero-order chi connectivity index (χ0) is 14.8. The number of aromatic nitrogens is 1. The molecule has 2 N–H and O–H groups in total. The van der Waals surface area contributed by atoms with Crippen LogP contribution in [0, 0.1) is 0 Å². The molecular weight excluding hydrogens is 421 g/mol. The van der Waals surface area contributed by atoms with Gasteiger partial charge in [-0.05, 0) is 31.0 Å². The molecule has 0 radical (unpaired) electrons. The van der Waals surface area contributed by atoms with Gasteiger partial charge in [0.1, 0.15) is 0 Å². The van der Waals surface area contributed by atoms with Crippen LogP contribution in [0.2, 0.25) is 0 Å². The topological polar surface area (TPSA) is 59.2 Å². The van der Waals surface area contributed by atoms with E-state index in [2.05, 4.69) is 27.0 Å². The average molecular weight is 441 g/mol. The Morgan fingerprint density at radius 2 is 2.22 bits per heavy atom. The molecule has 8 heteroatoms. The lowest BCUT2D eigenvalue weighted by Crippen LogP contribution is -2.45. The van der Waals surface area contributed by atoms with E-state index in [0.29, 0.717) is 19.4 Å². The average Bonchev–Trinajstić information content (AvgIpc) is 2.86. The van der Waals surface area contributed by atoms with Crippen molar-refractivity contribution < 1.29 is 4.79 Å². The number of piperidine rings is 1. The van der Waals surface area contributed by atoms with Crippen molar-refractivity contribution in [2.24, 2.45) is 5.73 Å². The van der Waals surface area contributed by atoms with E-state index < -0.39 is 0 Å². The molecule has 0 bridgehead atoms. The fourth-order valence-electron chi connectivity index (χ4n) is 2.66. The lowest BCUT2D eigenvalue weighted by Gasteiger charge is -2.30. The van der Waals surface area contributed by atoms with Crippen LogP contribution >= 0.6 is 52.1 Å². The first kappa shape index (κ1) is 20.6. The van der Waals surface area contributed by atoms with Crippen molar-refractivity contribution in [1.82, 2.24) is 9.88 Å². The van der Waals surface area contributed by atoms with Crippen LogP contribution in [0.15, 0.2) is 22.7 Å². The van der Waals surface area contributed by atoms with Crippen LogP contribution in [0.1, 0.15) is 24.3 Å². The predicted octanol–water partition coefficient (Wildman–Crippen LogP) is 3.78. The van der Waals surface area contributed by atoms with Gasteiger partial charge >= 0.3 is 0 Å². The number of fused-ring (bicyclic) bond motifs is 1. The Labute approximate surface area is 160 Å². The third-order valence-electron chi connectivity index (χ3n) is 3.76. The quantitative estimate of drug-likeness (QED) is 0.789. The van der Waals surface area contributed by atoms with Gasteiger partial charge in [0.25, 0.3) is 0 Å². The summed E-state index contributed by atoms with van der Waals surface area (Å²) in [4.78, 5) is 18.7. The van der Waals surface area contributed by atoms with Gasteiger partial charge in [-0.25, -0.2) is 4.98 Å². The number of carbonyl (C=O) groups excluding carboxylic acids is 1. The van der Waals surface area contributed by atoms with E-state index in [9.17, 15) is 4.79 Å². The molecule has 1 fully saturated rings. The largest absolute Gasteiger partial charge is 0.341 e. The van der Waals surface area contributed by atoms with Gasteiger partial charge in [-0.1, -0.05) is 15.9 Å². The molecule has 1 aliphatic heterocycles. The lowest BCUT2D eigenvalue weighted by molar-refractivity contribution is -0.132. The molecule has 1 saturated heterocycles. The summed E-state index contributed by atoms with van der Waals surface area (Å²) in [6.45, 7) is 1.55. The van der Waals surface area contributed by atoms with Gasteiger partial charge in [0, 0.05) is 36.4 Å². The van der Waals surface area contributed by atoms with Crippen molar-refractivity contribution in [2.45, 2.75) is 31.7 Å². The van der Waals surface area contributed by atoms with Gasteiger partial charge in [-0.2, -0.15) is 0 Å². The number of hydrogen-bond acceptors (Lipinski definition) is 4. The molecule has 1 amide bonds. The zero-order valence-electron chi connectivity index (χ0n) is 12.5. The number of thiazole rings is 1. The molecule has 1 unspecified atom stereocenters. The van der Waals surface area contributed by atoms with E-state index in [1.807, 2.05) is 17.0 Å². The summed E-state index contributed by atoms with van der Waals surface area (Å²) in [5.74, 6) is 0.200. The van der Waals surface area contributed by atoms with Gasteiger partial charge in [0.15, 0.2) is 0 Å². The van der Waals surface area contributed by atoms with Crippen molar-refractivity contribution >= 4 is 68.2 Å². The molecule has 3 rings (SSSR count). The van der Waals surface area contributed by atoms with Crippen LogP contribution in [-0.4, -0.2) is 34.9 Å². The summed E-state index contributed by atoms with van der Waals surface area (Å²) >= 11 is 5.12. The SMILES string of the molecule is Cl.Cl.NC1CCCN(C(=O)CCc2nc3cc(Br)ccc3s2)C1. The van der Waals surface area contributed by atoms with E-state index in [-0.39, 0.29) is 36.8 Å². The van der Waals surface area contributed by atoms with Crippen LogP contribution in [0.25, 0.3) is 10.2 Å². The summed E-state index contributed by atoms with van der Waals surface area (Å²) in [6.07, 6.45) is 3.27. The first-order chi connectivity index (χ1) is 10.1. The van der Waals surface area contributed by atoms with Gasteiger partial charge in [-0.3, -0.25) is 4.79 Å². The summed E-state index contributed by atoms with van der Waals surface area (Å²) in [5, 5.41) is 1.03. The van der Waals surface area contributed by atoms with Crippen molar-refractivity contribution in [3.63, 3.8) is 0 Å². The minimum Gasteiger partial charge on any atom is -0.341 e. The number of carbonyl (C=O) groups is 1. The zero-order valence-corrected chi connectivity index (χ0v) is 16.6. The van der Waals surface area contributed by atoms with Crippen molar-refractivity contribution in [3.8, 4) is 0 Å². The molecule has 4 nitrogen and oxygen atoms in total. The van der Waals surface area contributed by atoms with Crippen LogP contribution in [0.3, 0.4) is 0 Å². The second-order valence-electron chi connectivity index (χ2n) is 5.46. The predicted molar refractivity (Wildman–Crippen MR) is 104 cm³/mol. The number of nitrogens with two attached hydrogens (primary N) is 1. The monoisotopic (exact) mass is 439 g/mol. The Balaban J connectivity index is 0.00000132. The number of halogens is 3. The Hall–Kier alpha value is -0.400. The highest BCUT2D eigenvalue weighted by Crippen LogP contribution is 2.26. The Morgan fingerprint density at radius 3 is 2.96 bits per heavy atom. The molecule has 2 aromatic rings. The number of benzene rings is 1. The first-order valence-electron chi connectivity index (χ1n) is 7.20. The third kappa shape index (κ3) is 5.29. The smallest absolute Gasteiger partial charge is 0.223 e. The van der Waals surface area contributed by atoms with Gasteiger partial charge in [0.05, 0.1) is 15.2 Å². The van der Waals surface area contributed by atoms with Crippen LogP contribution < -0.4 is 5.73 Å². The van der Waals surface area contributed by atoms with Crippen molar-refractivity contribution in [1.29, 1.82) is 0 Å². The number of nitrogens with zero attached hydrogens (tertiary/aromatic N) is 2. The van der Waals surface area contributed by atoms with Crippen molar-refractivity contribution in [3.05, 3.63) is 27.7 Å². The van der Waals surface area contributed by atoms with Gasteiger partial charge < -0.3 is 10.6 Å². The third-order valence-corrected chi connectivity index (χ3v) is 5.35. The van der Waals surface area contributed by atoms with Crippen LogP contribution in [0.4, 0.5) is 0 Å². The van der Waals surface area contributed by atoms with E-state index in [4.69, 9.17) is 5.73 Å². The van der Waals surface area contributed by atoms with Crippen LogP contribution in [0.5, 0.6) is 0 Å². The fourth-order valence-corrected chi connectivity index (χ4v) is 3.96. The number of aryl methyl sites for hydroxylation is 1. The highest BCUT2D eigenvalue weighted by atomic mass is 79.9. The minimum absolute atomic E-state index is 0. The molecule has 1 aromatic heterocycles. The summed E-state index contributed by atoms with van der Waals surface area (Å²) < 4.78 is 2.20. The second kappa shape index (κ2) is 9.18. The van der Waals surface area contributed by atoms with Crippen LogP contribution in [-0.2, 0) is 11.2 Å². The van der Waals surface area contributed by atoms with E-state index in [1.165, 1.54) is 4.70 Å². The summed E-state index contributed by atoms with van der Waals surface area (Å²) in [7, 11) is 0. The molecule has 128 valence electrons. The fraction of sp³-hybridized carbons (Fsp3) is 0.467. The highest BCUT2D eigenvalue weighted by molar-refractivity contribution is 9.10. The molecular formula is C15H20BrCl2N3OS. The number of hydrogen-bond donors (Lipinski definition) is 1. The molecule has 0 saturated carbocycles. The molecule has 0 spiro atoms. The standard InChI is InChI=1S/C15H18BrN3OS.2ClH/c16-10-3-4-13-12(8-10)18-14(21-13)5-6-15(20)19-7-1-2-11(17)9-19;;/h3-4,8,11H,1-2,5-7,9,17H2;2*1H. The Bertz CT molecular complexity index is 667. The summed E-state index contributed by atoms with van der Waals surface area (Å²) in [6, 6.07) is 6.24. The number of rotatable bonds is 3. The number of amides is 1. The maximum atomic E-state index is 12.2. The molecule has 1 aliphatic rings. The van der Waals surface area contributed by atoms with Crippen molar-refractivity contribution in [2.75, 3.05) is 13.1 Å². The Morgan fingerprint density at radius 1 is 1.43 bits per heavy atom. The summed E-state index contributed by atoms with van der Waals surface area (Å²) in [5.41, 5.74) is 6.92. The number of likely N-dealkylation sites (tertiary alicyclic amines) is 1. The molecule has 1 aromatic carbocycles. The van der Waals surface area contributed by atoms with E-state index >= 15 is 0 Å². The second-order valence-corrected chi connectivity index (χ2v) is 7.49. The minimum atomic E-state index is 0. The molecule has 1 atom stereocenters. The normalized spacial score (nSPS) is 17.5. The Kier molecular flexibility index (Phi) is 8.24. The maximum absolute atomic E-state index is 12.2. The molecule has 2 heterocycles. The maximum Gasteiger partial charge on any atom is 0.223 e. The first-order valence-corrected chi connectivity index (χ1v) is 8.81. The molecule has 23 heavy (non-hydrogen) atoms. The highest BCUT2D eigenvalue weighted by Gasteiger charge is 2.21. The molecule has 0 aliphatic carbocycles.